The summed E-state index contributed by atoms with van der Waals surface area (Å²) < 4.78 is 86.2. The average Bonchev–Trinajstić information content (AvgIpc) is 2.78. The van der Waals surface area contributed by atoms with Crippen LogP contribution in [0, 0.1) is 13.8 Å². The predicted molar refractivity (Wildman–Crippen MR) is 121 cm³/mol. The first-order valence-corrected chi connectivity index (χ1v) is 10.7. The number of aromatic nitrogens is 2. The molecule has 0 saturated carbocycles. The van der Waals surface area contributed by atoms with Gasteiger partial charge in [-0.05, 0) is 63.1 Å². The van der Waals surface area contributed by atoms with Crippen LogP contribution in [0.5, 0.6) is 11.6 Å². The molecular formula is C25H23F6N3O2. The Balaban J connectivity index is 2.06. The van der Waals surface area contributed by atoms with E-state index in [9.17, 15) is 31.1 Å². The molecule has 0 radical (unpaired) electrons. The molecule has 0 aliphatic carbocycles. The van der Waals surface area contributed by atoms with Crippen LogP contribution in [-0.2, 0) is 22.6 Å². The molecule has 0 aliphatic heterocycles. The molecule has 192 valence electrons. The van der Waals surface area contributed by atoms with Crippen molar-refractivity contribution in [1.29, 1.82) is 0 Å². The molecule has 2 aromatic carbocycles. The SMILES string of the molecule is Cc1ncc(N(C)C(=O)C(C)(C)c2cc(C(F)(F)F)cc(C(F)(F)F)c2)c(Oc2ccccc2C)n1. The Hall–Kier alpha value is -3.63. The minimum Gasteiger partial charge on any atom is -0.437 e. The van der Waals surface area contributed by atoms with E-state index >= 15 is 0 Å². The van der Waals surface area contributed by atoms with Gasteiger partial charge in [0.2, 0.25) is 11.8 Å². The van der Waals surface area contributed by atoms with Crippen molar-refractivity contribution < 1.29 is 35.9 Å². The Kier molecular flexibility index (Phi) is 7.07. The molecule has 0 saturated heterocycles. The quantitative estimate of drug-likeness (QED) is 0.351. The van der Waals surface area contributed by atoms with Crippen LogP contribution in [0.3, 0.4) is 0 Å². The molecule has 5 nitrogen and oxygen atoms in total. The number of amides is 1. The van der Waals surface area contributed by atoms with Crippen molar-refractivity contribution in [2.75, 3.05) is 11.9 Å². The summed E-state index contributed by atoms with van der Waals surface area (Å²) in [5.41, 5.74) is -4.38. The fraction of sp³-hybridized carbons (Fsp3) is 0.320. The topological polar surface area (TPSA) is 55.3 Å². The fourth-order valence-corrected chi connectivity index (χ4v) is 3.49. The van der Waals surface area contributed by atoms with Crippen molar-refractivity contribution in [2.24, 2.45) is 0 Å². The summed E-state index contributed by atoms with van der Waals surface area (Å²) in [6.07, 6.45) is -8.78. The monoisotopic (exact) mass is 511 g/mol. The van der Waals surface area contributed by atoms with Gasteiger partial charge in [0, 0.05) is 7.05 Å². The highest BCUT2D eigenvalue weighted by molar-refractivity contribution is 6.01. The van der Waals surface area contributed by atoms with E-state index in [0.29, 0.717) is 23.7 Å². The van der Waals surface area contributed by atoms with Gasteiger partial charge < -0.3 is 9.64 Å². The highest BCUT2D eigenvalue weighted by atomic mass is 19.4. The third-order valence-corrected chi connectivity index (χ3v) is 5.67. The lowest BCUT2D eigenvalue weighted by molar-refractivity contribution is -0.143. The molecule has 0 spiro atoms. The number of hydrogen-bond donors (Lipinski definition) is 0. The first-order chi connectivity index (χ1) is 16.5. The molecule has 0 atom stereocenters. The molecule has 11 heteroatoms. The smallest absolute Gasteiger partial charge is 0.416 e. The minimum absolute atomic E-state index is 0.00322. The minimum atomic E-state index is -5.04. The zero-order valence-electron chi connectivity index (χ0n) is 20.0. The van der Waals surface area contributed by atoms with Gasteiger partial charge in [0.05, 0.1) is 22.7 Å². The lowest BCUT2D eigenvalue weighted by Crippen LogP contribution is -2.42. The van der Waals surface area contributed by atoms with E-state index in [2.05, 4.69) is 9.97 Å². The highest BCUT2D eigenvalue weighted by Crippen LogP contribution is 2.40. The predicted octanol–water partition coefficient (Wildman–Crippen LogP) is 6.86. The standard InChI is InChI=1S/C25H23F6N3O2/c1-14-8-6-7-9-20(14)36-21-19(13-32-15(2)33-21)34(5)22(35)23(3,4)16-10-17(24(26,27)28)12-18(11-16)25(29,30)31/h6-13H,1-5H3. The van der Waals surface area contributed by atoms with Gasteiger partial charge in [0.15, 0.2) is 0 Å². The van der Waals surface area contributed by atoms with Gasteiger partial charge in [-0.25, -0.2) is 4.98 Å². The van der Waals surface area contributed by atoms with Crippen molar-refractivity contribution in [2.45, 2.75) is 45.5 Å². The van der Waals surface area contributed by atoms with Crippen LogP contribution in [0.2, 0.25) is 0 Å². The number of likely N-dealkylation sites (N-methyl/N-ethyl adjacent to an activating group) is 1. The van der Waals surface area contributed by atoms with Crippen LogP contribution in [-0.4, -0.2) is 22.9 Å². The van der Waals surface area contributed by atoms with Gasteiger partial charge in [-0.2, -0.15) is 31.3 Å². The molecule has 0 unspecified atom stereocenters. The highest BCUT2D eigenvalue weighted by Gasteiger charge is 2.41. The average molecular weight is 511 g/mol. The van der Waals surface area contributed by atoms with Crippen LogP contribution in [0.25, 0.3) is 0 Å². The summed E-state index contributed by atoms with van der Waals surface area (Å²) in [6.45, 7) is 5.89. The van der Waals surface area contributed by atoms with Crippen molar-refractivity contribution >= 4 is 11.6 Å². The van der Waals surface area contributed by atoms with Crippen LogP contribution >= 0.6 is 0 Å². The molecule has 0 aliphatic rings. The number of aryl methyl sites for hydroxylation is 2. The second-order valence-electron chi connectivity index (χ2n) is 8.76. The molecule has 1 amide bonds. The van der Waals surface area contributed by atoms with E-state index in [1.165, 1.54) is 27.1 Å². The Labute approximate surface area is 203 Å². The number of para-hydroxylation sites is 1. The van der Waals surface area contributed by atoms with Gasteiger partial charge in [0.25, 0.3) is 0 Å². The second-order valence-corrected chi connectivity index (χ2v) is 8.76. The number of ether oxygens (including phenoxy) is 1. The Morgan fingerprint density at radius 3 is 1.94 bits per heavy atom. The number of nitrogens with zero attached hydrogens (tertiary/aromatic N) is 3. The van der Waals surface area contributed by atoms with Gasteiger partial charge in [-0.1, -0.05) is 18.2 Å². The molecular weight excluding hydrogens is 488 g/mol. The van der Waals surface area contributed by atoms with Crippen molar-refractivity contribution in [3.63, 3.8) is 0 Å². The number of carbonyl (C=O) groups excluding carboxylic acids is 1. The molecule has 1 aromatic heterocycles. The summed E-state index contributed by atoms with van der Waals surface area (Å²) in [5.74, 6) is -0.0136. The maximum Gasteiger partial charge on any atom is 0.416 e. The first kappa shape index (κ1) is 27.0. The van der Waals surface area contributed by atoms with Crippen LogP contribution in [0.1, 0.15) is 41.9 Å². The van der Waals surface area contributed by atoms with Crippen molar-refractivity contribution in [3.05, 3.63) is 76.7 Å². The fourth-order valence-electron chi connectivity index (χ4n) is 3.49. The molecule has 36 heavy (non-hydrogen) atoms. The van der Waals surface area contributed by atoms with Gasteiger partial charge >= 0.3 is 12.4 Å². The zero-order chi connectivity index (χ0) is 27.1. The normalized spacial score (nSPS) is 12.4. The summed E-state index contributed by atoms with van der Waals surface area (Å²) >= 11 is 0. The summed E-state index contributed by atoms with van der Waals surface area (Å²) in [5, 5.41) is 0. The number of rotatable bonds is 5. The molecule has 3 aromatic rings. The number of alkyl halides is 6. The Morgan fingerprint density at radius 2 is 1.42 bits per heavy atom. The number of benzene rings is 2. The van der Waals surface area contributed by atoms with E-state index in [-0.39, 0.29) is 17.6 Å². The van der Waals surface area contributed by atoms with Gasteiger partial charge in [-0.3, -0.25) is 4.79 Å². The molecule has 0 N–H and O–H groups in total. The molecule has 0 fully saturated rings. The maximum absolute atomic E-state index is 13.5. The van der Waals surface area contributed by atoms with Gasteiger partial charge in [0.1, 0.15) is 17.3 Å². The summed E-state index contributed by atoms with van der Waals surface area (Å²) in [4.78, 5) is 22.9. The van der Waals surface area contributed by atoms with Crippen molar-refractivity contribution in [3.8, 4) is 11.6 Å². The van der Waals surface area contributed by atoms with Crippen LogP contribution in [0.15, 0.2) is 48.7 Å². The Bertz CT molecular complexity index is 1250. The maximum atomic E-state index is 13.5. The number of halogens is 6. The first-order valence-electron chi connectivity index (χ1n) is 10.7. The second kappa shape index (κ2) is 9.44. The lowest BCUT2D eigenvalue weighted by Gasteiger charge is -2.31. The lowest BCUT2D eigenvalue weighted by atomic mass is 9.81. The van der Waals surface area contributed by atoms with Crippen molar-refractivity contribution in [1.82, 2.24) is 9.97 Å². The number of anilines is 1. The third-order valence-electron chi connectivity index (χ3n) is 5.67. The van der Waals surface area contributed by atoms with E-state index in [0.717, 1.165) is 10.5 Å². The van der Waals surface area contributed by atoms with E-state index < -0.39 is 40.4 Å². The third kappa shape index (κ3) is 5.60. The summed E-state index contributed by atoms with van der Waals surface area (Å²) in [7, 11) is 1.32. The van der Waals surface area contributed by atoms with E-state index in [4.69, 9.17) is 4.74 Å². The number of carbonyl (C=O) groups is 1. The largest absolute Gasteiger partial charge is 0.437 e. The van der Waals surface area contributed by atoms with E-state index in [1.807, 2.05) is 0 Å². The Morgan fingerprint density at radius 1 is 0.889 bits per heavy atom. The number of hydrogen-bond acceptors (Lipinski definition) is 4. The van der Waals surface area contributed by atoms with Crippen LogP contribution < -0.4 is 9.64 Å². The van der Waals surface area contributed by atoms with Crippen LogP contribution in [0.4, 0.5) is 32.0 Å². The van der Waals surface area contributed by atoms with E-state index in [1.54, 1.807) is 38.1 Å². The molecule has 1 heterocycles. The molecule has 0 bridgehead atoms. The zero-order valence-corrected chi connectivity index (χ0v) is 20.0. The summed E-state index contributed by atoms with van der Waals surface area (Å²) in [6, 6.07) is 8.15. The van der Waals surface area contributed by atoms with Gasteiger partial charge in [-0.15, -0.1) is 0 Å². The molecule has 3 rings (SSSR count).